The molecule has 272 valence electrons. The molecule has 2 aliphatic rings. The van der Waals surface area contributed by atoms with Gasteiger partial charge in [0, 0.05) is 21.2 Å². The molecule has 0 bridgehead atoms. The molecule has 0 saturated carbocycles. The summed E-state index contributed by atoms with van der Waals surface area (Å²) in [5, 5.41) is 2.60. The summed E-state index contributed by atoms with van der Waals surface area (Å²) in [5.74, 6) is 0. The van der Waals surface area contributed by atoms with Crippen LogP contribution in [0.25, 0.3) is 42.4 Å². The Labute approximate surface area is 342 Å². The van der Waals surface area contributed by atoms with E-state index in [4.69, 9.17) is 0 Å². The summed E-state index contributed by atoms with van der Waals surface area (Å²) in [4.78, 5) is 5.01. The van der Waals surface area contributed by atoms with E-state index in [1.807, 2.05) is 11.3 Å². The summed E-state index contributed by atoms with van der Waals surface area (Å²) >= 11 is 1.88. The van der Waals surface area contributed by atoms with Crippen LogP contribution in [-0.2, 0) is 5.41 Å². The predicted octanol–water partition coefficient (Wildman–Crippen LogP) is 15.3. The molecule has 0 amide bonds. The Balaban J connectivity index is 1.16. The molecule has 2 nitrogen and oxygen atoms in total. The summed E-state index contributed by atoms with van der Waals surface area (Å²) in [6.07, 6.45) is 0. The standard InChI is InChI=1S/C55H36N2S/c1-3-16-37(17-4-1)39-30-33-41(34-31-39)56-48-25-11-8-22-44(48)55(47-36-40(32-35-51(47)56)38-18-5-2-6-19-38)45-23-9-12-26-49(45)57(50-27-13-10-24-46(50)55)52-28-15-21-43-42-20-7-14-29-53(42)58-54(43)52/h1-36H. The monoisotopic (exact) mass is 756 g/mol. The van der Waals surface area contributed by atoms with Crippen molar-refractivity contribution in [1.29, 1.82) is 0 Å². The maximum absolute atomic E-state index is 2.53. The molecule has 10 aromatic rings. The highest BCUT2D eigenvalue weighted by atomic mass is 32.1. The summed E-state index contributed by atoms with van der Waals surface area (Å²) in [6.45, 7) is 0. The van der Waals surface area contributed by atoms with E-state index in [0.717, 1.165) is 5.69 Å². The summed E-state index contributed by atoms with van der Waals surface area (Å²) in [7, 11) is 0. The molecule has 2 aliphatic heterocycles. The fraction of sp³-hybridized carbons (Fsp3) is 0.0182. The number of anilines is 6. The van der Waals surface area contributed by atoms with Crippen LogP contribution in [0.4, 0.5) is 34.1 Å². The fourth-order valence-electron chi connectivity index (χ4n) is 9.81. The Morgan fingerprint density at radius 2 is 0.776 bits per heavy atom. The lowest BCUT2D eigenvalue weighted by Gasteiger charge is -2.51. The van der Waals surface area contributed by atoms with Gasteiger partial charge in [0.15, 0.2) is 0 Å². The molecular formula is C55H36N2S. The number of rotatable bonds is 4. The zero-order chi connectivity index (χ0) is 38.2. The van der Waals surface area contributed by atoms with Crippen LogP contribution < -0.4 is 9.80 Å². The number of fused-ring (bicyclic) bond motifs is 11. The van der Waals surface area contributed by atoms with Crippen LogP contribution in [0.15, 0.2) is 218 Å². The van der Waals surface area contributed by atoms with Crippen molar-refractivity contribution < 1.29 is 0 Å². The van der Waals surface area contributed by atoms with E-state index in [9.17, 15) is 0 Å². The number of hydrogen-bond acceptors (Lipinski definition) is 3. The van der Waals surface area contributed by atoms with Crippen LogP contribution >= 0.6 is 11.3 Å². The zero-order valence-corrected chi connectivity index (χ0v) is 32.4. The third kappa shape index (κ3) is 4.71. The first-order chi connectivity index (χ1) is 28.8. The lowest BCUT2D eigenvalue weighted by Crippen LogP contribution is -2.42. The minimum atomic E-state index is -0.630. The van der Waals surface area contributed by atoms with Gasteiger partial charge < -0.3 is 9.80 Å². The minimum Gasteiger partial charge on any atom is -0.310 e. The Morgan fingerprint density at radius 1 is 0.310 bits per heavy atom. The molecular weight excluding hydrogens is 721 g/mol. The lowest BCUT2D eigenvalue weighted by molar-refractivity contribution is 0.719. The molecule has 0 saturated heterocycles. The van der Waals surface area contributed by atoms with E-state index < -0.39 is 5.41 Å². The van der Waals surface area contributed by atoms with Gasteiger partial charge in [-0.05, 0) is 99.1 Å². The first kappa shape index (κ1) is 33.0. The molecule has 0 radical (unpaired) electrons. The third-order valence-electron chi connectivity index (χ3n) is 12.3. The fourth-order valence-corrected chi connectivity index (χ4v) is 11.0. The van der Waals surface area contributed by atoms with Crippen LogP contribution in [-0.4, -0.2) is 0 Å². The van der Waals surface area contributed by atoms with Crippen LogP contribution in [0.2, 0.25) is 0 Å². The molecule has 0 N–H and O–H groups in total. The van der Waals surface area contributed by atoms with Crippen LogP contribution in [0, 0.1) is 0 Å². The minimum absolute atomic E-state index is 0.630. The molecule has 3 heteroatoms. The van der Waals surface area contributed by atoms with Crippen molar-refractivity contribution in [3.8, 4) is 22.3 Å². The van der Waals surface area contributed by atoms with E-state index >= 15 is 0 Å². The normalized spacial score (nSPS) is 13.6. The van der Waals surface area contributed by atoms with E-state index in [2.05, 4.69) is 228 Å². The van der Waals surface area contributed by atoms with Crippen molar-refractivity contribution in [2.45, 2.75) is 5.41 Å². The number of para-hydroxylation sites is 3. The van der Waals surface area contributed by atoms with Gasteiger partial charge in [0.2, 0.25) is 0 Å². The Kier molecular flexibility index (Phi) is 7.35. The predicted molar refractivity (Wildman–Crippen MR) is 245 cm³/mol. The van der Waals surface area contributed by atoms with E-state index in [0.29, 0.717) is 0 Å². The highest BCUT2D eigenvalue weighted by molar-refractivity contribution is 7.26. The van der Waals surface area contributed by atoms with Gasteiger partial charge in [0.05, 0.1) is 38.6 Å². The van der Waals surface area contributed by atoms with E-state index in [1.54, 1.807) is 0 Å². The van der Waals surface area contributed by atoms with Crippen molar-refractivity contribution in [2.24, 2.45) is 0 Å². The Bertz CT molecular complexity index is 3140. The topological polar surface area (TPSA) is 6.48 Å². The molecule has 1 aromatic heterocycles. The van der Waals surface area contributed by atoms with Crippen molar-refractivity contribution in [2.75, 3.05) is 9.80 Å². The van der Waals surface area contributed by atoms with Crippen molar-refractivity contribution in [3.05, 3.63) is 241 Å². The first-order valence-corrected chi connectivity index (χ1v) is 20.8. The van der Waals surface area contributed by atoms with Crippen LogP contribution in [0.5, 0.6) is 0 Å². The van der Waals surface area contributed by atoms with Crippen molar-refractivity contribution in [3.63, 3.8) is 0 Å². The largest absolute Gasteiger partial charge is 0.310 e. The lowest BCUT2D eigenvalue weighted by atomic mass is 9.60. The van der Waals surface area contributed by atoms with Gasteiger partial charge in [-0.3, -0.25) is 0 Å². The SMILES string of the molecule is c1ccc(-c2ccc(N3c4ccccc4C4(c5cc(-c6ccccc6)ccc53)c3ccccc3N(c3cccc5c3sc3ccccc35)c3ccccc34)cc2)cc1. The molecule has 0 aliphatic carbocycles. The zero-order valence-electron chi connectivity index (χ0n) is 31.6. The maximum Gasteiger partial charge on any atom is 0.0783 e. The smallest absolute Gasteiger partial charge is 0.0783 e. The van der Waals surface area contributed by atoms with Crippen LogP contribution in [0.3, 0.4) is 0 Å². The Morgan fingerprint density at radius 3 is 1.43 bits per heavy atom. The second-order valence-corrected chi connectivity index (χ2v) is 16.3. The van der Waals surface area contributed by atoms with Crippen LogP contribution in [0.1, 0.15) is 22.3 Å². The maximum atomic E-state index is 2.53. The molecule has 0 unspecified atom stereocenters. The molecule has 0 fully saturated rings. The number of hydrogen-bond donors (Lipinski definition) is 0. The first-order valence-electron chi connectivity index (χ1n) is 19.9. The summed E-state index contributed by atoms with van der Waals surface area (Å²) < 4.78 is 2.60. The Hall–Kier alpha value is -7.20. The van der Waals surface area contributed by atoms with E-state index in [-0.39, 0.29) is 0 Å². The highest BCUT2D eigenvalue weighted by Crippen LogP contribution is 2.64. The second-order valence-electron chi connectivity index (χ2n) is 15.2. The van der Waals surface area contributed by atoms with Gasteiger partial charge in [-0.2, -0.15) is 0 Å². The van der Waals surface area contributed by atoms with Gasteiger partial charge in [-0.1, -0.05) is 164 Å². The third-order valence-corrected chi connectivity index (χ3v) is 13.5. The molecule has 9 aromatic carbocycles. The van der Waals surface area contributed by atoms with Gasteiger partial charge >= 0.3 is 0 Å². The molecule has 12 rings (SSSR count). The van der Waals surface area contributed by atoms with Gasteiger partial charge in [0.1, 0.15) is 0 Å². The summed E-state index contributed by atoms with van der Waals surface area (Å²) in [6, 6.07) is 80.7. The van der Waals surface area contributed by atoms with Crippen molar-refractivity contribution >= 4 is 65.6 Å². The van der Waals surface area contributed by atoms with Gasteiger partial charge in [0.25, 0.3) is 0 Å². The number of benzene rings is 9. The average Bonchev–Trinajstić information content (AvgIpc) is 3.69. The number of nitrogens with zero attached hydrogens (tertiary/aromatic N) is 2. The summed E-state index contributed by atoms with van der Waals surface area (Å²) in [5.41, 5.74) is 16.3. The molecule has 1 spiro atoms. The molecule has 58 heavy (non-hydrogen) atoms. The molecule has 3 heterocycles. The average molecular weight is 757 g/mol. The highest BCUT2D eigenvalue weighted by Gasteiger charge is 2.52. The van der Waals surface area contributed by atoms with Gasteiger partial charge in [-0.25, -0.2) is 0 Å². The number of thiophene rings is 1. The molecule has 0 atom stereocenters. The van der Waals surface area contributed by atoms with Crippen molar-refractivity contribution in [1.82, 2.24) is 0 Å². The van der Waals surface area contributed by atoms with Gasteiger partial charge in [-0.15, -0.1) is 11.3 Å². The quantitative estimate of drug-likeness (QED) is 0.176. The second kappa shape index (κ2) is 12.9. The van der Waals surface area contributed by atoms with E-state index in [1.165, 1.54) is 93.1 Å².